The number of ether oxygens (including phenoxy) is 1. The minimum absolute atomic E-state index is 0.174. The zero-order valence-corrected chi connectivity index (χ0v) is 15.7. The predicted molar refractivity (Wildman–Crippen MR) is 101 cm³/mol. The molecule has 0 atom stereocenters. The Morgan fingerprint density at radius 1 is 1.15 bits per heavy atom. The van der Waals surface area contributed by atoms with Crippen LogP contribution in [0.1, 0.15) is 5.01 Å². The third-order valence-electron chi connectivity index (χ3n) is 3.07. The third kappa shape index (κ3) is 5.69. The molecule has 0 saturated carbocycles. The number of halogens is 2. The van der Waals surface area contributed by atoms with Crippen LogP contribution in [0, 0.1) is 5.82 Å². The molecular formula is C17H13ClFN3O2S2. The summed E-state index contributed by atoms with van der Waals surface area (Å²) in [4.78, 5) is 12.9. The summed E-state index contributed by atoms with van der Waals surface area (Å²) in [6.45, 7) is 0.193. The van der Waals surface area contributed by atoms with Gasteiger partial charge in [-0.1, -0.05) is 22.9 Å². The fourth-order valence-electron chi connectivity index (χ4n) is 1.87. The van der Waals surface area contributed by atoms with Gasteiger partial charge in [-0.15, -0.1) is 22.0 Å². The second-order valence-corrected chi connectivity index (χ2v) is 7.58. The second kappa shape index (κ2) is 8.98. The Labute approximate surface area is 162 Å². The monoisotopic (exact) mass is 409 g/mol. The minimum Gasteiger partial charge on any atom is -0.486 e. The van der Waals surface area contributed by atoms with Gasteiger partial charge in [0.25, 0.3) is 0 Å². The van der Waals surface area contributed by atoms with E-state index in [1.807, 2.05) is 12.1 Å². The van der Waals surface area contributed by atoms with Crippen molar-refractivity contribution in [2.75, 3.05) is 11.1 Å². The van der Waals surface area contributed by atoms with Gasteiger partial charge in [-0.25, -0.2) is 4.39 Å². The van der Waals surface area contributed by atoms with Crippen LogP contribution in [0.2, 0.25) is 5.02 Å². The number of hydrogen-bond donors (Lipinski definition) is 1. The van der Waals surface area contributed by atoms with Crippen molar-refractivity contribution in [3.05, 3.63) is 64.4 Å². The van der Waals surface area contributed by atoms with Gasteiger partial charge in [-0.2, -0.15) is 0 Å². The number of nitrogens with zero attached hydrogens (tertiary/aromatic N) is 2. The molecule has 0 radical (unpaired) electrons. The lowest BCUT2D eigenvalue weighted by molar-refractivity contribution is -0.113. The summed E-state index contributed by atoms with van der Waals surface area (Å²) in [5, 5.41) is 12.3. The molecule has 26 heavy (non-hydrogen) atoms. The van der Waals surface area contributed by atoms with Crippen molar-refractivity contribution in [3.8, 4) is 5.75 Å². The molecule has 0 unspecified atom stereocenters. The Morgan fingerprint density at radius 3 is 2.62 bits per heavy atom. The van der Waals surface area contributed by atoms with Crippen molar-refractivity contribution in [3.63, 3.8) is 0 Å². The average Bonchev–Trinajstić information content (AvgIpc) is 3.08. The average molecular weight is 410 g/mol. The molecule has 0 aliphatic rings. The summed E-state index contributed by atoms with van der Waals surface area (Å²) in [6.07, 6.45) is 0. The van der Waals surface area contributed by atoms with Gasteiger partial charge in [-0.05, 0) is 48.5 Å². The standard InChI is InChI=1S/C17H13ClFN3O2S2/c18-11-1-7-14(8-2-11)25-10-15(23)20-17-22-21-16(26-17)9-24-13-5-3-12(19)4-6-13/h1-8H,9-10H2,(H,20,22,23). The van der Waals surface area contributed by atoms with Gasteiger partial charge in [0.2, 0.25) is 11.0 Å². The van der Waals surface area contributed by atoms with E-state index in [0.29, 0.717) is 20.9 Å². The minimum atomic E-state index is -0.324. The maximum Gasteiger partial charge on any atom is 0.236 e. The zero-order valence-electron chi connectivity index (χ0n) is 13.3. The lowest BCUT2D eigenvalue weighted by atomic mass is 10.3. The molecule has 0 bridgehead atoms. The Balaban J connectivity index is 1.45. The van der Waals surface area contributed by atoms with Gasteiger partial charge >= 0.3 is 0 Å². The van der Waals surface area contributed by atoms with Gasteiger partial charge in [0.05, 0.1) is 5.75 Å². The molecule has 134 valence electrons. The van der Waals surface area contributed by atoms with Crippen molar-refractivity contribution in [1.29, 1.82) is 0 Å². The highest BCUT2D eigenvalue weighted by Gasteiger charge is 2.09. The van der Waals surface area contributed by atoms with E-state index in [4.69, 9.17) is 16.3 Å². The van der Waals surface area contributed by atoms with Crippen molar-refractivity contribution in [1.82, 2.24) is 10.2 Å². The predicted octanol–water partition coefficient (Wildman–Crippen LogP) is 4.64. The Morgan fingerprint density at radius 2 is 1.88 bits per heavy atom. The normalized spacial score (nSPS) is 10.5. The van der Waals surface area contributed by atoms with Crippen molar-refractivity contribution in [2.24, 2.45) is 0 Å². The van der Waals surface area contributed by atoms with E-state index in [9.17, 15) is 9.18 Å². The maximum atomic E-state index is 12.8. The summed E-state index contributed by atoms with van der Waals surface area (Å²) >= 11 is 8.46. The molecule has 0 aliphatic heterocycles. The van der Waals surface area contributed by atoms with E-state index in [1.54, 1.807) is 12.1 Å². The summed E-state index contributed by atoms with van der Waals surface area (Å²) < 4.78 is 18.3. The van der Waals surface area contributed by atoms with Crippen LogP contribution in [-0.2, 0) is 11.4 Å². The summed E-state index contributed by atoms with van der Waals surface area (Å²) in [5.74, 6) is 0.288. The molecule has 5 nitrogen and oxygen atoms in total. The first-order chi connectivity index (χ1) is 12.6. The quantitative estimate of drug-likeness (QED) is 0.576. The summed E-state index contributed by atoms with van der Waals surface area (Å²) in [7, 11) is 0. The van der Waals surface area contributed by atoms with E-state index in [1.165, 1.54) is 47.4 Å². The highest BCUT2D eigenvalue weighted by molar-refractivity contribution is 8.00. The number of amides is 1. The molecule has 0 spiro atoms. The second-order valence-electron chi connectivity index (χ2n) is 5.03. The van der Waals surface area contributed by atoms with Gasteiger partial charge in [0.1, 0.15) is 18.2 Å². The van der Waals surface area contributed by atoms with Crippen LogP contribution < -0.4 is 10.1 Å². The van der Waals surface area contributed by atoms with Crippen LogP contribution in [0.25, 0.3) is 0 Å². The number of anilines is 1. The van der Waals surface area contributed by atoms with Crippen LogP contribution >= 0.6 is 34.7 Å². The molecule has 2 aromatic carbocycles. The number of thioether (sulfide) groups is 1. The van der Waals surface area contributed by atoms with Gasteiger partial charge in [0.15, 0.2) is 5.01 Å². The lowest BCUT2D eigenvalue weighted by Crippen LogP contribution is -2.13. The van der Waals surface area contributed by atoms with Crippen molar-refractivity contribution in [2.45, 2.75) is 11.5 Å². The topological polar surface area (TPSA) is 64.1 Å². The molecule has 1 heterocycles. The molecule has 3 rings (SSSR count). The Kier molecular flexibility index (Phi) is 6.43. The SMILES string of the molecule is O=C(CSc1ccc(Cl)cc1)Nc1nnc(COc2ccc(F)cc2)s1. The molecule has 1 amide bonds. The van der Waals surface area contributed by atoms with Crippen molar-refractivity contribution >= 4 is 45.7 Å². The van der Waals surface area contributed by atoms with Crippen molar-refractivity contribution < 1.29 is 13.9 Å². The van der Waals surface area contributed by atoms with E-state index in [0.717, 1.165) is 4.90 Å². The third-order valence-corrected chi connectivity index (χ3v) is 5.15. The number of aromatic nitrogens is 2. The van der Waals surface area contributed by atoms with E-state index in [-0.39, 0.29) is 24.1 Å². The van der Waals surface area contributed by atoms with E-state index < -0.39 is 0 Å². The van der Waals surface area contributed by atoms with Crippen LogP contribution in [-0.4, -0.2) is 21.9 Å². The summed E-state index contributed by atoms with van der Waals surface area (Å²) in [6, 6.07) is 13.0. The number of carbonyl (C=O) groups is 1. The fourth-order valence-corrected chi connectivity index (χ4v) is 3.37. The van der Waals surface area contributed by atoms with Crippen LogP contribution in [0.5, 0.6) is 5.75 Å². The fraction of sp³-hybridized carbons (Fsp3) is 0.118. The molecular weight excluding hydrogens is 397 g/mol. The largest absolute Gasteiger partial charge is 0.486 e. The number of benzene rings is 2. The smallest absolute Gasteiger partial charge is 0.236 e. The highest BCUT2D eigenvalue weighted by atomic mass is 35.5. The molecule has 9 heteroatoms. The number of rotatable bonds is 7. The number of nitrogens with one attached hydrogen (secondary N) is 1. The first-order valence-electron chi connectivity index (χ1n) is 7.47. The zero-order chi connectivity index (χ0) is 18.4. The van der Waals surface area contributed by atoms with E-state index >= 15 is 0 Å². The van der Waals surface area contributed by atoms with Gasteiger partial charge in [0, 0.05) is 9.92 Å². The highest BCUT2D eigenvalue weighted by Crippen LogP contribution is 2.22. The molecule has 3 aromatic rings. The first-order valence-corrected chi connectivity index (χ1v) is 9.65. The van der Waals surface area contributed by atoms with Gasteiger partial charge in [-0.3, -0.25) is 10.1 Å². The Bertz CT molecular complexity index is 872. The molecule has 0 aliphatic carbocycles. The molecule has 0 saturated heterocycles. The molecule has 1 N–H and O–H groups in total. The lowest BCUT2D eigenvalue weighted by Gasteiger charge is -2.03. The number of carbonyl (C=O) groups excluding carboxylic acids is 1. The van der Waals surface area contributed by atoms with Crippen LogP contribution in [0.15, 0.2) is 53.4 Å². The van der Waals surface area contributed by atoms with Gasteiger partial charge < -0.3 is 4.74 Å². The van der Waals surface area contributed by atoms with Crippen LogP contribution in [0.4, 0.5) is 9.52 Å². The van der Waals surface area contributed by atoms with E-state index in [2.05, 4.69) is 15.5 Å². The molecule has 0 fully saturated rings. The van der Waals surface area contributed by atoms with Crippen LogP contribution in [0.3, 0.4) is 0 Å². The number of hydrogen-bond acceptors (Lipinski definition) is 6. The summed E-state index contributed by atoms with van der Waals surface area (Å²) in [5.41, 5.74) is 0. The maximum absolute atomic E-state index is 12.8. The Hall–Kier alpha value is -2.16. The first kappa shape index (κ1) is 18.6. The molecule has 1 aromatic heterocycles.